The lowest BCUT2D eigenvalue weighted by Crippen LogP contribution is -2.34. The molecule has 24 heavy (non-hydrogen) atoms. The molecule has 0 radical (unpaired) electrons. The highest BCUT2D eigenvalue weighted by Crippen LogP contribution is 2.17. The van der Waals surface area contributed by atoms with Gasteiger partial charge in [0.05, 0.1) is 5.92 Å². The number of hydroxylamine groups is 4. The fraction of sp³-hybridized carbons (Fsp3) is 0.571. The maximum atomic E-state index is 11.8. The Balaban J connectivity index is 1.76. The Kier molecular flexibility index (Phi) is 5.27. The van der Waals surface area contributed by atoms with Gasteiger partial charge in [-0.15, -0.1) is 10.1 Å². The van der Waals surface area contributed by atoms with Crippen molar-refractivity contribution >= 4 is 35.6 Å². The van der Waals surface area contributed by atoms with Crippen molar-refractivity contribution in [2.75, 3.05) is 0 Å². The summed E-state index contributed by atoms with van der Waals surface area (Å²) < 4.78 is 0. The van der Waals surface area contributed by atoms with Crippen LogP contribution in [0.15, 0.2) is 0 Å². The van der Waals surface area contributed by atoms with E-state index in [0.29, 0.717) is 10.1 Å². The van der Waals surface area contributed by atoms with Crippen LogP contribution >= 0.6 is 0 Å². The van der Waals surface area contributed by atoms with E-state index in [1.165, 1.54) is 6.92 Å². The third kappa shape index (κ3) is 3.94. The van der Waals surface area contributed by atoms with Crippen LogP contribution in [0.1, 0.15) is 45.4 Å². The van der Waals surface area contributed by atoms with Gasteiger partial charge in [0.15, 0.2) is 0 Å². The quantitative estimate of drug-likeness (QED) is 0.599. The van der Waals surface area contributed by atoms with E-state index in [0.717, 1.165) is 0 Å². The molecule has 2 saturated heterocycles. The zero-order valence-corrected chi connectivity index (χ0v) is 13.0. The van der Waals surface area contributed by atoms with Gasteiger partial charge in [0.25, 0.3) is 23.6 Å². The van der Waals surface area contributed by atoms with Crippen LogP contribution in [0.4, 0.5) is 0 Å². The summed E-state index contributed by atoms with van der Waals surface area (Å²) in [6.45, 7) is 1.45. The summed E-state index contributed by atoms with van der Waals surface area (Å²) in [4.78, 5) is 78.1. The summed E-state index contributed by atoms with van der Waals surface area (Å²) in [5.41, 5.74) is 0. The molecule has 4 amide bonds. The molecule has 2 rings (SSSR count). The van der Waals surface area contributed by atoms with E-state index in [2.05, 4.69) is 4.84 Å². The maximum Gasteiger partial charge on any atom is 0.335 e. The van der Waals surface area contributed by atoms with Gasteiger partial charge in [0, 0.05) is 32.1 Å². The van der Waals surface area contributed by atoms with Gasteiger partial charge in [-0.1, -0.05) is 6.92 Å². The van der Waals surface area contributed by atoms with E-state index in [9.17, 15) is 28.8 Å². The van der Waals surface area contributed by atoms with Crippen LogP contribution in [0.25, 0.3) is 0 Å². The summed E-state index contributed by atoms with van der Waals surface area (Å²) in [6, 6.07) is 0. The molecule has 0 bridgehead atoms. The lowest BCUT2D eigenvalue weighted by atomic mass is 10.1. The second kappa shape index (κ2) is 7.20. The minimum atomic E-state index is -0.841. The third-order valence-corrected chi connectivity index (χ3v) is 3.57. The number of hydrogen-bond acceptors (Lipinski definition) is 8. The first-order valence-corrected chi connectivity index (χ1v) is 7.43. The number of nitrogens with zero attached hydrogens (tertiary/aromatic N) is 2. The highest BCUT2D eigenvalue weighted by atomic mass is 16.7. The maximum absolute atomic E-state index is 11.8. The molecule has 10 nitrogen and oxygen atoms in total. The molecule has 2 heterocycles. The van der Waals surface area contributed by atoms with Crippen LogP contribution in [0.3, 0.4) is 0 Å². The first-order valence-electron chi connectivity index (χ1n) is 7.43. The van der Waals surface area contributed by atoms with E-state index in [1.54, 1.807) is 0 Å². The fourth-order valence-electron chi connectivity index (χ4n) is 2.10. The Morgan fingerprint density at radius 2 is 1.29 bits per heavy atom. The molecule has 2 aliphatic heterocycles. The molecule has 0 spiro atoms. The van der Waals surface area contributed by atoms with Gasteiger partial charge in [0.2, 0.25) is 0 Å². The van der Waals surface area contributed by atoms with E-state index in [1.807, 2.05) is 0 Å². The van der Waals surface area contributed by atoms with Crippen molar-refractivity contribution in [2.24, 2.45) is 5.92 Å². The molecule has 10 heteroatoms. The molecule has 0 aromatic carbocycles. The normalized spacial score (nSPS) is 19.0. The van der Waals surface area contributed by atoms with Gasteiger partial charge < -0.3 is 9.68 Å². The van der Waals surface area contributed by atoms with E-state index in [-0.39, 0.29) is 38.5 Å². The van der Waals surface area contributed by atoms with Gasteiger partial charge in [-0.05, 0) is 6.42 Å². The summed E-state index contributed by atoms with van der Waals surface area (Å²) >= 11 is 0. The van der Waals surface area contributed by atoms with Gasteiger partial charge >= 0.3 is 11.9 Å². The molecular formula is C14H16N2O8. The topological polar surface area (TPSA) is 127 Å². The van der Waals surface area contributed by atoms with Gasteiger partial charge in [-0.2, -0.15) is 0 Å². The van der Waals surface area contributed by atoms with E-state index >= 15 is 0 Å². The van der Waals surface area contributed by atoms with Crippen LogP contribution in [0.5, 0.6) is 0 Å². The van der Waals surface area contributed by atoms with Crippen molar-refractivity contribution in [1.29, 1.82) is 0 Å². The van der Waals surface area contributed by atoms with Gasteiger partial charge in [0.1, 0.15) is 0 Å². The van der Waals surface area contributed by atoms with Crippen LogP contribution in [0, 0.1) is 5.92 Å². The largest absolute Gasteiger partial charge is 0.335 e. The van der Waals surface area contributed by atoms with E-state index in [4.69, 9.17) is 4.84 Å². The number of imide groups is 2. The first kappa shape index (κ1) is 17.6. The molecular weight excluding hydrogens is 324 g/mol. The number of carbonyl (C=O) groups excluding carboxylic acids is 6. The van der Waals surface area contributed by atoms with Crippen molar-refractivity contribution in [1.82, 2.24) is 10.1 Å². The Bertz CT molecular complexity index is 582. The van der Waals surface area contributed by atoms with Crippen molar-refractivity contribution in [2.45, 2.75) is 45.4 Å². The Morgan fingerprint density at radius 1 is 0.875 bits per heavy atom. The van der Waals surface area contributed by atoms with Crippen molar-refractivity contribution in [3.05, 3.63) is 0 Å². The van der Waals surface area contributed by atoms with Crippen molar-refractivity contribution in [3.8, 4) is 0 Å². The highest BCUT2D eigenvalue weighted by Gasteiger charge is 2.35. The summed E-state index contributed by atoms with van der Waals surface area (Å²) in [5.74, 6) is -4.83. The standard InChI is InChI=1S/C14H16N2O8/c1-8(14(22)24-16-11(19)5-6-12(16)20)2-7-13(21)23-15-9(17)3-4-10(15)18/h8H,2-7H2,1H3. The molecule has 0 N–H and O–H groups in total. The molecule has 0 aromatic rings. The predicted octanol–water partition coefficient (Wildman–Crippen LogP) is -0.383. The van der Waals surface area contributed by atoms with Crippen molar-refractivity contribution < 1.29 is 38.4 Å². The summed E-state index contributed by atoms with van der Waals surface area (Å²) in [6.07, 6.45) is -0.270. The Morgan fingerprint density at radius 3 is 1.75 bits per heavy atom. The highest BCUT2D eigenvalue weighted by molar-refractivity contribution is 6.02. The predicted molar refractivity (Wildman–Crippen MR) is 72.8 cm³/mol. The number of carbonyl (C=O) groups is 6. The Hall–Kier alpha value is -2.78. The lowest BCUT2D eigenvalue weighted by Gasteiger charge is -2.16. The molecule has 1 atom stereocenters. The summed E-state index contributed by atoms with van der Waals surface area (Å²) in [7, 11) is 0. The van der Waals surface area contributed by atoms with Crippen molar-refractivity contribution in [3.63, 3.8) is 0 Å². The molecule has 0 aromatic heterocycles. The van der Waals surface area contributed by atoms with Gasteiger partial charge in [-0.25, -0.2) is 9.59 Å². The lowest BCUT2D eigenvalue weighted by molar-refractivity contribution is -0.201. The fourth-order valence-corrected chi connectivity index (χ4v) is 2.10. The number of rotatable bonds is 6. The third-order valence-electron chi connectivity index (χ3n) is 3.57. The van der Waals surface area contributed by atoms with Crippen LogP contribution in [-0.4, -0.2) is 45.7 Å². The Labute approximate surface area is 136 Å². The number of amides is 4. The number of hydrogen-bond donors (Lipinski definition) is 0. The zero-order chi connectivity index (χ0) is 17.9. The van der Waals surface area contributed by atoms with Crippen LogP contribution in [-0.2, 0) is 38.4 Å². The molecule has 2 fully saturated rings. The molecule has 130 valence electrons. The van der Waals surface area contributed by atoms with E-state index < -0.39 is 41.5 Å². The zero-order valence-electron chi connectivity index (χ0n) is 13.0. The van der Waals surface area contributed by atoms with Gasteiger partial charge in [-0.3, -0.25) is 19.2 Å². The first-order chi connectivity index (χ1) is 11.3. The summed E-state index contributed by atoms with van der Waals surface area (Å²) in [5, 5.41) is 0.853. The average molecular weight is 340 g/mol. The average Bonchev–Trinajstić information content (AvgIpc) is 3.02. The second-order valence-corrected chi connectivity index (χ2v) is 5.48. The molecule has 0 saturated carbocycles. The minimum absolute atomic E-state index is 0.00408. The smallest absolute Gasteiger partial charge is 0.330 e. The van der Waals surface area contributed by atoms with Crippen LogP contribution in [0.2, 0.25) is 0 Å². The van der Waals surface area contributed by atoms with Crippen LogP contribution < -0.4 is 0 Å². The molecule has 2 aliphatic rings. The SMILES string of the molecule is CC(CCC(=O)ON1C(=O)CCC1=O)C(=O)ON1C(=O)CCC1=O. The minimum Gasteiger partial charge on any atom is -0.330 e. The second-order valence-electron chi connectivity index (χ2n) is 5.48. The molecule has 1 unspecified atom stereocenters. The molecule has 0 aliphatic carbocycles. The monoisotopic (exact) mass is 340 g/mol.